The van der Waals surface area contributed by atoms with Gasteiger partial charge in [0.05, 0.1) is 0 Å². The zero-order valence-corrected chi connectivity index (χ0v) is 10.5. The maximum absolute atomic E-state index is 13.5. The van der Waals surface area contributed by atoms with Gasteiger partial charge in [-0.3, -0.25) is 0 Å². The molecule has 0 radical (unpaired) electrons. The molecule has 0 fully saturated rings. The third-order valence-corrected chi connectivity index (χ3v) is 3.08. The molecule has 1 N–H and O–H groups in total. The molecule has 0 saturated heterocycles. The lowest BCUT2D eigenvalue weighted by atomic mass is 10.3. The number of phenolic OH excluding ortho intramolecular Hbond substituents is 1. The second kappa shape index (κ2) is 4.85. The Bertz CT molecular complexity index is 820. The molecule has 3 rings (SSSR count). The van der Waals surface area contributed by atoms with Crippen molar-refractivity contribution < 1.29 is 13.9 Å². The number of azo groups is 1. The summed E-state index contributed by atoms with van der Waals surface area (Å²) >= 11 is 0.994. The average molecular weight is 293 g/mol. The van der Waals surface area contributed by atoms with Crippen molar-refractivity contribution >= 4 is 33.4 Å². The summed E-state index contributed by atoms with van der Waals surface area (Å²) in [6, 6.07) is 1.39. The van der Waals surface area contributed by atoms with Gasteiger partial charge < -0.3 is 5.11 Å². The minimum absolute atomic E-state index is 0.328. The third-order valence-electron chi connectivity index (χ3n) is 2.36. The first kappa shape index (κ1) is 12.5. The van der Waals surface area contributed by atoms with E-state index in [9.17, 15) is 8.78 Å². The highest BCUT2D eigenvalue weighted by atomic mass is 32.1. The van der Waals surface area contributed by atoms with Crippen LogP contribution in [0.3, 0.4) is 0 Å². The van der Waals surface area contributed by atoms with Crippen LogP contribution in [0.5, 0.6) is 5.75 Å². The van der Waals surface area contributed by atoms with Crippen molar-refractivity contribution in [2.24, 2.45) is 10.2 Å². The monoisotopic (exact) mass is 293 g/mol. The molecule has 0 saturated carbocycles. The molecule has 2 aromatic heterocycles. The van der Waals surface area contributed by atoms with E-state index in [1.165, 1.54) is 12.4 Å². The van der Waals surface area contributed by atoms with Crippen LogP contribution in [-0.2, 0) is 0 Å². The molecule has 0 atom stereocenters. The van der Waals surface area contributed by atoms with Gasteiger partial charge in [0.2, 0.25) is 0 Å². The van der Waals surface area contributed by atoms with Crippen LogP contribution < -0.4 is 0 Å². The highest BCUT2D eigenvalue weighted by Gasteiger charge is 2.10. The van der Waals surface area contributed by atoms with Gasteiger partial charge in [-0.1, -0.05) is 0 Å². The first-order valence-corrected chi connectivity index (χ1v) is 6.08. The standard InChI is InChI=1S/C11H5F2N5OS/c12-5-4-8(19)6(13)3-7(5)16-17-11-9-10(18-20-11)15-2-1-14-9/h1-4,19H. The summed E-state index contributed by atoms with van der Waals surface area (Å²) in [5, 5.41) is 16.7. The number of nitrogens with zero attached hydrogens (tertiary/aromatic N) is 5. The van der Waals surface area contributed by atoms with Crippen molar-refractivity contribution in [1.29, 1.82) is 0 Å². The molecule has 0 unspecified atom stereocenters. The summed E-state index contributed by atoms with van der Waals surface area (Å²) < 4.78 is 30.6. The van der Waals surface area contributed by atoms with Crippen molar-refractivity contribution in [3.05, 3.63) is 36.2 Å². The van der Waals surface area contributed by atoms with Crippen LogP contribution in [0.2, 0.25) is 0 Å². The van der Waals surface area contributed by atoms with Gasteiger partial charge in [0.1, 0.15) is 11.2 Å². The Hall–Kier alpha value is -2.55. The largest absolute Gasteiger partial charge is 0.505 e. The maximum atomic E-state index is 13.5. The van der Waals surface area contributed by atoms with Gasteiger partial charge in [0.15, 0.2) is 28.0 Å². The molecule has 3 aromatic rings. The molecule has 0 aliphatic carbocycles. The summed E-state index contributed by atoms with van der Waals surface area (Å²) in [7, 11) is 0. The van der Waals surface area contributed by atoms with E-state index in [1.54, 1.807) is 0 Å². The van der Waals surface area contributed by atoms with Crippen molar-refractivity contribution in [2.75, 3.05) is 0 Å². The molecule has 9 heteroatoms. The SMILES string of the molecule is Oc1cc(F)c(N=Nc2snc3nccnc23)cc1F. The van der Waals surface area contributed by atoms with E-state index in [1.807, 2.05) is 0 Å². The van der Waals surface area contributed by atoms with Crippen LogP contribution in [0.1, 0.15) is 0 Å². The molecule has 0 aliphatic heterocycles. The van der Waals surface area contributed by atoms with Crippen LogP contribution >= 0.6 is 11.5 Å². The Balaban J connectivity index is 2.00. The zero-order chi connectivity index (χ0) is 14.1. The predicted octanol–water partition coefficient (Wildman–Crippen LogP) is 3.49. The Morgan fingerprint density at radius 1 is 1.05 bits per heavy atom. The van der Waals surface area contributed by atoms with Gasteiger partial charge in [0.25, 0.3) is 0 Å². The molecule has 6 nitrogen and oxygen atoms in total. The summed E-state index contributed by atoms with van der Waals surface area (Å²) in [6.45, 7) is 0. The molecular formula is C11H5F2N5OS. The summed E-state index contributed by atoms with van der Waals surface area (Å²) in [5.41, 5.74) is 0.510. The Morgan fingerprint density at radius 2 is 1.85 bits per heavy atom. The quantitative estimate of drug-likeness (QED) is 0.733. The fourth-order valence-corrected chi connectivity index (χ4v) is 2.06. The molecule has 1 aromatic carbocycles. The Kier molecular flexibility index (Phi) is 3.03. The lowest BCUT2D eigenvalue weighted by Crippen LogP contribution is -1.80. The topological polar surface area (TPSA) is 83.6 Å². The smallest absolute Gasteiger partial charge is 0.193 e. The predicted molar refractivity (Wildman–Crippen MR) is 67.4 cm³/mol. The second-order valence-corrected chi connectivity index (χ2v) is 4.42. The van der Waals surface area contributed by atoms with E-state index in [0.717, 1.165) is 17.6 Å². The molecule has 0 spiro atoms. The highest BCUT2D eigenvalue weighted by Crippen LogP contribution is 2.31. The van der Waals surface area contributed by atoms with Crippen molar-refractivity contribution in [3.63, 3.8) is 0 Å². The van der Waals surface area contributed by atoms with E-state index in [4.69, 9.17) is 5.11 Å². The molecule has 0 aliphatic rings. The lowest BCUT2D eigenvalue weighted by Gasteiger charge is -1.98. The number of halogens is 2. The number of hydrogen-bond acceptors (Lipinski definition) is 7. The highest BCUT2D eigenvalue weighted by molar-refractivity contribution is 7.11. The van der Waals surface area contributed by atoms with Gasteiger partial charge in [0, 0.05) is 24.5 Å². The third kappa shape index (κ3) is 2.18. The van der Waals surface area contributed by atoms with Gasteiger partial charge in [-0.05, 0) is 11.5 Å². The summed E-state index contributed by atoms with van der Waals surface area (Å²) in [4.78, 5) is 8.00. The number of aromatic hydroxyl groups is 1. The number of fused-ring (bicyclic) bond motifs is 1. The molecule has 100 valence electrons. The zero-order valence-electron chi connectivity index (χ0n) is 9.66. The Labute approximate surface area is 114 Å². The van der Waals surface area contributed by atoms with Crippen LogP contribution in [0.25, 0.3) is 11.2 Å². The van der Waals surface area contributed by atoms with Gasteiger partial charge >= 0.3 is 0 Å². The number of hydrogen-bond donors (Lipinski definition) is 1. The fraction of sp³-hybridized carbons (Fsp3) is 0. The number of benzene rings is 1. The van der Waals surface area contributed by atoms with Crippen LogP contribution in [0, 0.1) is 11.6 Å². The fourth-order valence-electron chi connectivity index (χ4n) is 1.45. The summed E-state index contributed by atoms with van der Waals surface area (Å²) in [5.74, 6) is -2.64. The minimum atomic E-state index is -0.977. The van der Waals surface area contributed by atoms with Crippen LogP contribution in [0.4, 0.5) is 19.5 Å². The van der Waals surface area contributed by atoms with E-state index < -0.39 is 17.4 Å². The van der Waals surface area contributed by atoms with E-state index in [-0.39, 0.29) is 5.69 Å². The van der Waals surface area contributed by atoms with E-state index >= 15 is 0 Å². The van der Waals surface area contributed by atoms with Gasteiger partial charge in [-0.2, -0.15) is 4.37 Å². The molecule has 0 bridgehead atoms. The Morgan fingerprint density at radius 3 is 2.70 bits per heavy atom. The average Bonchev–Trinajstić information content (AvgIpc) is 2.85. The van der Waals surface area contributed by atoms with Crippen molar-refractivity contribution in [1.82, 2.24) is 14.3 Å². The maximum Gasteiger partial charge on any atom is 0.193 e. The lowest BCUT2D eigenvalue weighted by molar-refractivity contribution is 0.427. The van der Waals surface area contributed by atoms with Crippen LogP contribution in [0.15, 0.2) is 34.8 Å². The number of aromatic nitrogens is 3. The molecule has 2 heterocycles. The molecular weight excluding hydrogens is 288 g/mol. The minimum Gasteiger partial charge on any atom is -0.505 e. The molecule has 20 heavy (non-hydrogen) atoms. The van der Waals surface area contributed by atoms with Gasteiger partial charge in [-0.15, -0.1) is 10.2 Å². The first-order chi connectivity index (χ1) is 9.65. The van der Waals surface area contributed by atoms with E-state index in [0.29, 0.717) is 22.2 Å². The van der Waals surface area contributed by atoms with E-state index in [2.05, 4.69) is 24.6 Å². The first-order valence-electron chi connectivity index (χ1n) is 5.31. The second-order valence-electron chi connectivity index (χ2n) is 3.67. The molecule has 0 amide bonds. The number of rotatable bonds is 2. The summed E-state index contributed by atoms with van der Waals surface area (Å²) in [6.07, 6.45) is 2.95. The van der Waals surface area contributed by atoms with Gasteiger partial charge in [-0.25, -0.2) is 18.7 Å². The van der Waals surface area contributed by atoms with Crippen molar-refractivity contribution in [2.45, 2.75) is 0 Å². The normalized spacial score (nSPS) is 11.5. The van der Waals surface area contributed by atoms with Crippen molar-refractivity contribution in [3.8, 4) is 5.75 Å². The van der Waals surface area contributed by atoms with Crippen LogP contribution in [-0.4, -0.2) is 19.4 Å². The number of phenols is 1.